The Hall–Kier alpha value is -2.31. The zero-order valence-electron chi connectivity index (χ0n) is 12.5. The van der Waals surface area contributed by atoms with Gasteiger partial charge in [-0.05, 0) is 42.5 Å². The molecule has 1 amide bonds. The summed E-state index contributed by atoms with van der Waals surface area (Å²) in [5.74, 6) is 1.10. The maximum atomic E-state index is 12.3. The highest BCUT2D eigenvalue weighted by Crippen LogP contribution is 2.18. The van der Waals surface area contributed by atoms with E-state index in [1.165, 1.54) is 6.26 Å². The van der Waals surface area contributed by atoms with Crippen molar-refractivity contribution in [3.8, 4) is 0 Å². The number of carbonyl (C=O) groups is 1. The zero-order chi connectivity index (χ0) is 16.9. The van der Waals surface area contributed by atoms with Crippen LogP contribution in [0, 0.1) is 0 Å². The predicted molar refractivity (Wildman–Crippen MR) is 90.2 cm³/mol. The normalized spacial score (nSPS) is 12.0. The molecule has 24 heavy (non-hydrogen) atoms. The molecule has 0 saturated heterocycles. The summed E-state index contributed by atoms with van der Waals surface area (Å²) in [6.45, 7) is 0.274. The molecule has 3 rings (SSSR count). The van der Waals surface area contributed by atoms with Crippen LogP contribution in [0.1, 0.15) is 22.1 Å². The van der Waals surface area contributed by atoms with E-state index in [4.69, 9.17) is 20.4 Å². The lowest BCUT2D eigenvalue weighted by atomic mass is 10.4. The highest BCUT2D eigenvalue weighted by atomic mass is 35.5. The molecule has 2 heterocycles. The van der Waals surface area contributed by atoms with E-state index in [1.54, 1.807) is 48.5 Å². The summed E-state index contributed by atoms with van der Waals surface area (Å²) in [5, 5.41) is 3.21. The zero-order valence-corrected chi connectivity index (χ0v) is 14.1. The standard InChI is InChI=1S/C17H14ClNO4S/c18-12-3-1-5-15(9-12)24(21)11-14-6-7-16(23-14)17(20)19-10-13-4-2-8-22-13/h1-9H,10-11H2,(H,19,20). The number of carbonyl (C=O) groups excluding carboxylic acids is 1. The molecule has 1 unspecified atom stereocenters. The first-order valence-corrected chi connectivity index (χ1v) is 8.85. The van der Waals surface area contributed by atoms with Gasteiger partial charge in [0.2, 0.25) is 0 Å². The molecular formula is C17H14ClNO4S. The van der Waals surface area contributed by atoms with Crippen LogP contribution in [-0.4, -0.2) is 10.1 Å². The highest BCUT2D eigenvalue weighted by molar-refractivity contribution is 7.84. The molecule has 0 aliphatic heterocycles. The van der Waals surface area contributed by atoms with Gasteiger partial charge in [-0.15, -0.1) is 0 Å². The fraction of sp³-hybridized carbons (Fsp3) is 0.118. The second-order valence-corrected chi connectivity index (χ2v) is 6.86. The van der Waals surface area contributed by atoms with Crippen LogP contribution in [0.5, 0.6) is 0 Å². The molecule has 0 radical (unpaired) electrons. The minimum atomic E-state index is -1.30. The summed E-state index contributed by atoms with van der Waals surface area (Å²) < 4.78 is 22.9. The van der Waals surface area contributed by atoms with E-state index in [-0.39, 0.29) is 24.0 Å². The van der Waals surface area contributed by atoms with E-state index < -0.39 is 10.8 Å². The van der Waals surface area contributed by atoms with E-state index in [1.807, 2.05) is 0 Å². The molecule has 0 saturated carbocycles. The van der Waals surface area contributed by atoms with Crippen molar-refractivity contribution in [2.75, 3.05) is 0 Å². The lowest BCUT2D eigenvalue weighted by Crippen LogP contribution is -2.21. The van der Waals surface area contributed by atoms with Crippen LogP contribution in [0.4, 0.5) is 0 Å². The molecule has 2 aromatic heterocycles. The Morgan fingerprint density at radius 2 is 2.00 bits per heavy atom. The van der Waals surface area contributed by atoms with Gasteiger partial charge in [0.05, 0.1) is 29.4 Å². The molecule has 7 heteroatoms. The molecular weight excluding hydrogens is 350 g/mol. The first-order valence-electron chi connectivity index (χ1n) is 7.15. The maximum Gasteiger partial charge on any atom is 0.287 e. The molecule has 0 fully saturated rings. The van der Waals surface area contributed by atoms with Gasteiger partial charge in [0.1, 0.15) is 11.5 Å². The van der Waals surface area contributed by atoms with E-state index in [9.17, 15) is 9.00 Å². The summed E-state index contributed by atoms with van der Waals surface area (Å²) in [6, 6.07) is 13.6. The molecule has 0 bridgehead atoms. The Labute approximate surface area is 146 Å². The van der Waals surface area contributed by atoms with E-state index >= 15 is 0 Å². The lowest BCUT2D eigenvalue weighted by Gasteiger charge is -2.02. The number of amides is 1. The van der Waals surface area contributed by atoms with Gasteiger partial charge in [-0.25, -0.2) is 0 Å². The maximum absolute atomic E-state index is 12.3. The van der Waals surface area contributed by atoms with Gasteiger partial charge < -0.3 is 14.2 Å². The first kappa shape index (κ1) is 16.5. The smallest absolute Gasteiger partial charge is 0.287 e. The van der Waals surface area contributed by atoms with Gasteiger partial charge in [-0.1, -0.05) is 17.7 Å². The van der Waals surface area contributed by atoms with Crippen LogP contribution in [0.3, 0.4) is 0 Å². The Morgan fingerprint density at radius 3 is 2.75 bits per heavy atom. The molecule has 1 atom stereocenters. The molecule has 1 N–H and O–H groups in total. The summed E-state index contributed by atoms with van der Waals surface area (Å²) in [4.78, 5) is 12.6. The number of rotatable bonds is 6. The van der Waals surface area contributed by atoms with E-state index in [2.05, 4.69) is 5.32 Å². The number of hydrogen-bond donors (Lipinski definition) is 1. The first-order chi connectivity index (χ1) is 11.6. The fourth-order valence-electron chi connectivity index (χ4n) is 2.07. The molecule has 0 aliphatic carbocycles. The van der Waals surface area contributed by atoms with Crippen molar-refractivity contribution in [3.05, 3.63) is 77.1 Å². The van der Waals surface area contributed by atoms with Crippen LogP contribution >= 0.6 is 11.6 Å². The molecule has 0 spiro atoms. The fourth-order valence-corrected chi connectivity index (χ4v) is 3.39. The molecule has 5 nitrogen and oxygen atoms in total. The number of benzene rings is 1. The Morgan fingerprint density at radius 1 is 1.12 bits per heavy atom. The molecule has 0 aliphatic rings. The van der Waals surface area contributed by atoms with Gasteiger partial charge in [0, 0.05) is 9.92 Å². The van der Waals surface area contributed by atoms with Crippen molar-refractivity contribution < 1.29 is 17.8 Å². The third kappa shape index (κ3) is 4.15. The van der Waals surface area contributed by atoms with Crippen molar-refractivity contribution in [2.24, 2.45) is 0 Å². The second-order valence-electron chi connectivity index (χ2n) is 4.98. The van der Waals surface area contributed by atoms with Crippen LogP contribution in [0.15, 0.2) is 68.5 Å². The van der Waals surface area contributed by atoms with Crippen LogP contribution < -0.4 is 5.32 Å². The van der Waals surface area contributed by atoms with Crippen molar-refractivity contribution in [1.82, 2.24) is 5.32 Å². The lowest BCUT2D eigenvalue weighted by molar-refractivity contribution is 0.0919. The number of hydrogen-bond acceptors (Lipinski definition) is 4. The minimum absolute atomic E-state index is 0.166. The van der Waals surface area contributed by atoms with Crippen molar-refractivity contribution in [2.45, 2.75) is 17.2 Å². The van der Waals surface area contributed by atoms with E-state index in [0.717, 1.165) is 0 Å². The Kier molecular flexibility index (Phi) is 5.17. The Balaban J connectivity index is 1.60. The topological polar surface area (TPSA) is 72.5 Å². The highest BCUT2D eigenvalue weighted by Gasteiger charge is 2.14. The summed E-state index contributed by atoms with van der Waals surface area (Å²) in [5.41, 5.74) is 0. The third-order valence-corrected chi connectivity index (χ3v) is 4.78. The number of halogens is 1. The monoisotopic (exact) mass is 363 g/mol. The van der Waals surface area contributed by atoms with Gasteiger partial charge in [-0.3, -0.25) is 9.00 Å². The summed E-state index contributed by atoms with van der Waals surface area (Å²) >= 11 is 5.90. The van der Waals surface area contributed by atoms with E-state index in [0.29, 0.717) is 21.4 Å². The molecule has 124 valence electrons. The van der Waals surface area contributed by atoms with Crippen LogP contribution in [0.25, 0.3) is 0 Å². The SMILES string of the molecule is O=C(NCc1ccco1)c1ccc(CS(=O)c2cccc(Cl)c2)o1. The van der Waals surface area contributed by atoms with Crippen molar-refractivity contribution in [3.63, 3.8) is 0 Å². The van der Waals surface area contributed by atoms with Gasteiger partial charge in [0.25, 0.3) is 5.91 Å². The largest absolute Gasteiger partial charge is 0.467 e. The molecule has 3 aromatic rings. The summed E-state index contributed by atoms with van der Waals surface area (Å²) in [7, 11) is -1.30. The minimum Gasteiger partial charge on any atom is -0.467 e. The second kappa shape index (κ2) is 7.51. The van der Waals surface area contributed by atoms with Gasteiger partial charge >= 0.3 is 0 Å². The van der Waals surface area contributed by atoms with Crippen molar-refractivity contribution in [1.29, 1.82) is 0 Å². The average molecular weight is 364 g/mol. The summed E-state index contributed by atoms with van der Waals surface area (Å²) in [6.07, 6.45) is 1.54. The Bertz CT molecular complexity index is 857. The quantitative estimate of drug-likeness (QED) is 0.723. The van der Waals surface area contributed by atoms with Crippen LogP contribution in [0.2, 0.25) is 5.02 Å². The average Bonchev–Trinajstić information content (AvgIpc) is 3.24. The number of nitrogens with one attached hydrogen (secondary N) is 1. The molecule has 1 aromatic carbocycles. The van der Waals surface area contributed by atoms with Gasteiger partial charge in [-0.2, -0.15) is 0 Å². The van der Waals surface area contributed by atoms with Gasteiger partial charge in [0.15, 0.2) is 5.76 Å². The number of furan rings is 2. The third-order valence-electron chi connectivity index (χ3n) is 3.22. The van der Waals surface area contributed by atoms with Crippen LogP contribution in [-0.2, 0) is 23.1 Å². The van der Waals surface area contributed by atoms with Crippen molar-refractivity contribution >= 4 is 28.3 Å². The predicted octanol–water partition coefficient (Wildman–Crippen LogP) is 3.76.